The fourth-order valence-electron chi connectivity index (χ4n) is 2.94. The molecule has 2 saturated carbocycles. The predicted molar refractivity (Wildman–Crippen MR) is 73.6 cm³/mol. The topological polar surface area (TPSA) is 41.5 Å². The first-order chi connectivity index (χ1) is 8.69. The van der Waals surface area contributed by atoms with Crippen LogP contribution in [0.2, 0.25) is 0 Å². The Morgan fingerprint density at radius 3 is 2.61 bits per heavy atom. The van der Waals surface area contributed by atoms with E-state index in [2.05, 4.69) is 19.2 Å². The van der Waals surface area contributed by atoms with Crippen molar-refractivity contribution in [2.24, 2.45) is 11.8 Å². The third kappa shape index (κ3) is 4.52. The Morgan fingerprint density at radius 2 is 2.00 bits per heavy atom. The summed E-state index contributed by atoms with van der Waals surface area (Å²) in [6.07, 6.45) is 7.47. The number of nitrogens with one attached hydrogen (secondary N) is 1. The third-order valence-electron chi connectivity index (χ3n) is 4.55. The van der Waals surface area contributed by atoms with E-state index in [-0.39, 0.29) is 6.10 Å². The zero-order chi connectivity index (χ0) is 13.0. The Kier molecular flexibility index (Phi) is 5.46. The molecule has 0 aliphatic heterocycles. The third-order valence-corrected chi connectivity index (χ3v) is 4.55. The van der Waals surface area contributed by atoms with Crippen molar-refractivity contribution in [3.63, 3.8) is 0 Å². The van der Waals surface area contributed by atoms with E-state index >= 15 is 0 Å². The molecular formula is C15H29NO2. The zero-order valence-corrected chi connectivity index (χ0v) is 11.9. The van der Waals surface area contributed by atoms with Gasteiger partial charge in [0.05, 0.1) is 18.8 Å². The van der Waals surface area contributed by atoms with Crippen LogP contribution >= 0.6 is 0 Å². The Bertz CT molecular complexity index is 239. The van der Waals surface area contributed by atoms with Gasteiger partial charge in [0.2, 0.25) is 0 Å². The van der Waals surface area contributed by atoms with E-state index in [0.717, 1.165) is 11.8 Å². The Labute approximate surface area is 111 Å². The molecule has 0 aromatic heterocycles. The summed E-state index contributed by atoms with van der Waals surface area (Å²) < 4.78 is 5.81. The molecule has 3 atom stereocenters. The highest BCUT2D eigenvalue weighted by Gasteiger charge is 2.34. The van der Waals surface area contributed by atoms with Gasteiger partial charge in [-0.3, -0.25) is 0 Å². The second-order valence-electron chi connectivity index (χ2n) is 6.29. The number of hydrogen-bond acceptors (Lipinski definition) is 3. The average molecular weight is 255 g/mol. The van der Waals surface area contributed by atoms with Crippen LogP contribution in [-0.4, -0.2) is 36.5 Å². The fraction of sp³-hybridized carbons (Fsp3) is 1.00. The van der Waals surface area contributed by atoms with Crippen LogP contribution in [0.3, 0.4) is 0 Å². The lowest BCUT2D eigenvalue weighted by atomic mass is 9.89. The molecule has 2 aliphatic rings. The number of aliphatic hydroxyl groups is 1. The maximum Gasteiger partial charge on any atom is 0.0897 e. The molecule has 0 amide bonds. The molecule has 0 saturated heterocycles. The first-order valence-electron chi connectivity index (χ1n) is 7.72. The fourth-order valence-corrected chi connectivity index (χ4v) is 2.94. The molecule has 0 aromatic carbocycles. The van der Waals surface area contributed by atoms with Crippen molar-refractivity contribution in [1.29, 1.82) is 0 Å². The van der Waals surface area contributed by atoms with Crippen LogP contribution in [-0.2, 0) is 4.74 Å². The summed E-state index contributed by atoms with van der Waals surface area (Å²) in [6, 6.07) is 0.653. The van der Waals surface area contributed by atoms with Crippen LogP contribution in [0.15, 0.2) is 0 Å². The molecule has 3 nitrogen and oxygen atoms in total. The van der Waals surface area contributed by atoms with E-state index in [4.69, 9.17) is 4.74 Å². The van der Waals surface area contributed by atoms with E-state index in [1.165, 1.54) is 38.5 Å². The number of ether oxygens (including phenoxy) is 1. The van der Waals surface area contributed by atoms with Crippen molar-refractivity contribution < 1.29 is 9.84 Å². The molecule has 2 N–H and O–H groups in total. The molecule has 2 aliphatic carbocycles. The standard InChI is InChI=1S/C15H29NO2/c1-3-12-8-15(12)16-9-13(17)10-18-14-6-4-11(2)5-7-14/h11-17H,3-10H2,1-2H3. The Morgan fingerprint density at radius 1 is 1.28 bits per heavy atom. The molecule has 18 heavy (non-hydrogen) atoms. The van der Waals surface area contributed by atoms with Gasteiger partial charge in [0.1, 0.15) is 0 Å². The lowest BCUT2D eigenvalue weighted by molar-refractivity contribution is -0.0279. The van der Waals surface area contributed by atoms with E-state index in [9.17, 15) is 5.11 Å². The summed E-state index contributed by atoms with van der Waals surface area (Å²) >= 11 is 0. The van der Waals surface area contributed by atoms with E-state index in [1.807, 2.05) is 0 Å². The highest BCUT2D eigenvalue weighted by atomic mass is 16.5. The number of hydrogen-bond donors (Lipinski definition) is 2. The Hall–Kier alpha value is -0.120. The maximum atomic E-state index is 9.88. The highest BCUT2D eigenvalue weighted by Crippen LogP contribution is 2.32. The summed E-state index contributed by atoms with van der Waals surface area (Å²) in [5.74, 6) is 1.70. The van der Waals surface area contributed by atoms with Crippen molar-refractivity contribution in [3.05, 3.63) is 0 Å². The molecule has 3 heteroatoms. The van der Waals surface area contributed by atoms with Gasteiger partial charge in [-0.05, 0) is 43.9 Å². The average Bonchev–Trinajstić information content (AvgIpc) is 3.14. The SMILES string of the molecule is CCC1CC1NCC(O)COC1CCC(C)CC1. The van der Waals surface area contributed by atoms with Crippen LogP contribution in [0.5, 0.6) is 0 Å². The molecule has 106 valence electrons. The van der Waals surface area contributed by atoms with Gasteiger partial charge in [-0.1, -0.05) is 20.3 Å². The Balaban J connectivity index is 1.51. The largest absolute Gasteiger partial charge is 0.389 e. The van der Waals surface area contributed by atoms with E-state index in [1.54, 1.807) is 0 Å². The van der Waals surface area contributed by atoms with Crippen LogP contribution in [0.25, 0.3) is 0 Å². The quantitative estimate of drug-likeness (QED) is 0.733. The molecular weight excluding hydrogens is 226 g/mol. The van der Waals surface area contributed by atoms with Crippen molar-refractivity contribution in [2.45, 2.75) is 70.6 Å². The predicted octanol–water partition coefficient (Wildman–Crippen LogP) is 2.33. The van der Waals surface area contributed by atoms with Crippen molar-refractivity contribution in [1.82, 2.24) is 5.32 Å². The van der Waals surface area contributed by atoms with Crippen LogP contribution in [0.1, 0.15) is 52.4 Å². The van der Waals surface area contributed by atoms with Gasteiger partial charge >= 0.3 is 0 Å². The van der Waals surface area contributed by atoms with Crippen LogP contribution in [0, 0.1) is 11.8 Å². The molecule has 0 bridgehead atoms. The van der Waals surface area contributed by atoms with E-state index < -0.39 is 0 Å². The highest BCUT2D eigenvalue weighted by molar-refractivity contribution is 4.92. The smallest absolute Gasteiger partial charge is 0.0897 e. The van der Waals surface area contributed by atoms with E-state index in [0.29, 0.717) is 25.3 Å². The first kappa shape index (κ1) is 14.3. The van der Waals surface area contributed by atoms with Crippen molar-refractivity contribution in [3.8, 4) is 0 Å². The van der Waals surface area contributed by atoms with Crippen molar-refractivity contribution >= 4 is 0 Å². The summed E-state index contributed by atoms with van der Waals surface area (Å²) in [4.78, 5) is 0. The van der Waals surface area contributed by atoms with Gasteiger partial charge in [-0.15, -0.1) is 0 Å². The molecule has 2 rings (SSSR count). The number of rotatable bonds is 7. The summed E-state index contributed by atoms with van der Waals surface area (Å²) in [7, 11) is 0. The van der Waals surface area contributed by atoms with Gasteiger partial charge < -0.3 is 15.2 Å². The second-order valence-corrected chi connectivity index (χ2v) is 6.29. The van der Waals surface area contributed by atoms with Gasteiger partial charge in [0.25, 0.3) is 0 Å². The molecule has 0 spiro atoms. The lowest BCUT2D eigenvalue weighted by Crippen LogP contribution is -2.34. The zero-order valence-electron chi connectivity index (χ0n) is 11.9. The van der Waals surface area contributed by atoms with Crippen molar-refractivity contribution in [2.75, 3.05) is 13.2 Å². The van der Waals surface area contributed by atoms with Gasteiger partial charge in [-0.2, -0.15) is 0 Å². The molecule has 2 fully saturated rings. The first-order valence-corrected chi connectivity index (χ1v) is 7.72. The monoisotopic (exact) mass is 255 g/mol. The van der Waals surface area contributed by atoms with Gasteiger partial charge in [0.15, 0.2) is 0 Å². The minimum atomic E-state index is -0.345. The maximum absolute atomic E-state index is 9.88. The second kappa shape index (κ2) is 6.88. The van der Waals surface area contributed by atoms with Gasteiger partial charge in [-0.25, -0.2) is 0 Å². The summed E-state index contributed by atoms with van der Waals surface area (Å²) in [5, 5.41) is 13.3. The normalized spacial score (nSPS) is 37.5. The minimum absolute atomic E-state index is 0.345. The summed E-state index contributed by atoms with van der Waals surface area (Å²) in [5.41, 5.74) is 0. The molecule has 3 unspecified atom stereocenters. The molecule has 0 aromatic rings. The molecule has 0 radical (unpaired) electrons. The van der Waals surface area contributed by atoms with Crippen LogP contribution < -0.4 is 5.32 Å². The minimum Gasteiger partial charge on any atom is -0.389 e. The number of aliphatic hydroxyl groups excluding tert-OH is 1. The molecule has 0 heterocycles. The van der Waals surface area contributed by atoms with Gasteiger partial charge in [0, 0.05) is 12.6 Å². The van der Waals surface area contributed by atoms with Crippen LogP contribution in [0.4, 0.5) is 0 Å². The lowest BCUT2D eigenvalue weighted by Gasteiger charge is -2.27. The summed E-state index contributed by atoms with van der Waals surface area (Å²) in [6.45, 7) is 5.73.